The molecule has 2 rings (SSSR count). The fraction of sp³-hybridized carbons (Fsp3) is 0.0833. The fourth-order valence-electron chi connectivity index (χ4n) is 1.66. The second kappa shape index (κ2) is 5.11. The van der Waals surface area contributed by atoms with Crippen LogP contribution in [0.1, 0.15) is 5.82 Å². The molecule has 1 aromatic heterocycles. The SMILES string of the molecule is NC(=O)Cc1nc(O)c(-c2ccccc2Cl)c(=O)[nH]1. The van der Waals surface area contributed by atoms with Gasteiger partial charge in [-0.15, -0.1) is 0 Å². The second-order valence-electron chi connectivity index (χ2n) is 3.83. The van der Waals surface area contributed by atoms with E-state index >= 15 is 0 Å². The quantitative estimate of drug-likeness (QED) is 0.773. The molecular formula is C12H10ClN3O3. The third-order valence-electron chi connectivity index (χ3n) is 2.43. The number of aromatic amines is 1. The van der Waals surface area contributed by atoms with E-state index < -0.39 is 17.3 Å². The molecule has 0 atom stereocenters. The van der Waals surface area contributed by atoms with E-state index in [1.54, 1.807) is 24.3 Å². The van der Waals surface area contributed by atoms with Gasteiger partial charge in [0.2, 0.25) is 11.8 Å². The number of hydrogen-bond acceptors (Lipinski definition) is 4. The molecule has 0 unspecified atom stereocenters. The minimum atomic E-state index is -0.659. The first-order valence-corrected chi connectivity index (χ1v) is 5.72. The molecule has 19 heavy (non-hydrogen) atoms. The van der Waals surface area contributed by atoms with Crippen molar-refractivity contribution in [1.29, 1.82) is 0 Å². The monoisotopic (exact) mass is 279 g/mol. The number of primary amides is 1. The highest BCUT2D eigenvalue weighted by Crippen LogP contribution is 2.29. The lowest BCUT2D eigenvalue weighted by Gasteiger charge is -2.06. The van der Waals surface area contributed by atoms with Crippen molar-refractivity contribution in [2.75, 3.05) is 0 Å². The van der Waals surface area contributed by atoms with Crippen LogP contribution in [0.2, 0.25) is 5.02 Å². The number of nitrogens with zero attached hydrogens (tertiary/aromatic N) is 1. The van der Waals surface area contributed by atoms with Crippen molar-refractivity contribution in [1.82, 2.24) is 9.97 Å². The number of benzene rings is 1. The number of carbonyl (C=O) groups is 1. The molecule has 0 aliphatic carbocycles. The molecule has 4 N–H and O–H groups in total. The second-order valence-corrected chi connectivity index (χ2v) is 4.24. The molecular weight excluding hydrogens is 270 g/mol. The summed E-state index contributed by atoms with van der Waals surface area (Å²) in [5.41, 5.74) is 4.73. The first-order chi connectivity index (χ1) is 8.99. The van der Waals surface area contributed by atoms with Crippen LogP contribution in [0.5, 0.6) is 5.88 Å². The number of aromatic nitrogens is 2. The van der Waals surface area contributed by atoms with E-state index in [0.29, 0.717) is 10.6 Å². The van der Waals surface area contributed by atoms with E-state index in [1.165, 1.54) is 0 Å². The number of amides is 1. The van der Waals surface area contributed by atoms with E-state index in [2.05, 4.69) is 9.97 Å². The molecule has 2 aromatic rings. The average Bonchev–Trinajstić information content (AvgIpc) is 2.29. The third kappa shape index (κ3) is 2.74. The van der Waals surface area contributed by atoms with Crippen LogP contribution in [0, 0.1) is 0 Å². The van der Waals surface area contributed by atoms with Crippen molar-refractivity contribution in [3.05, 3.63) is 45.5 Å². The molecule has 1 aromatic carbocycles. The number of nitrogens with one attached hydrogen (secondary N) is 1. The Morgan fingerprint density at radius 3 is 2.68 bits per heavy atom. The molecule has 0 saturated carbocycles. The lowest BCUT2D eigenvalue weighted by molar-refractivity contribution is -0.117. The molecule has 1 heterocycles. The molecule has 0 spiro atoms. The number of aromatic hydroxyl groups is 1. The minimum absolute atomic E-state index is 0.00537. The van der Waals surface area contributed by atoms with Crippen molar-refractivity contribution in [2.24, 2.45) is 5.73 Å². The van der Waals surface area contributed by atoms with E-state index in [1.807, 2.05) is 0 Å². The number of halogens is 1. The molecule has 98 valence electrons. The maximum absolute atomic E-state index is 11.9. The first-order valence-electron chi connectivity index (χ1n) is 5.34. The van der Waals surface area contributed by atoms with Gasteiger partial charge in [-0.05, 0) is 6.07 Å². The van der Waals surface area contributed by atoms with Gasteiger partial charge >= 0.3 is 0 Å². The third-order valence-corrected chi connectivity index (χ3v) is 2.76. The van der Waals surface area contributed by atoms with Crippen molar-refractivity contribution < 1.29 is 9.90 Å². The molecule has 0 aliphatic heterocycles. The molecule has 0 radical (unpaired) electrons. The number of H-pyrrole nitrogens is 1. The van der Waals surface area contributed by atoms with Gasteiger partial charge in [-0.1, -0.05) is 29.8 Å². The smallest absolute Gasteiger partial charge is 0.262 e. The van der Waals surface area contributed by atoms with Gasteiger partial charge in [0.25, 0.3) is 5.56 Å². The van der Waals surface area contributed by atoms with Crippen molar-refractivity contribution in [3.63, 3.8) is 0 Å². The average molecular weight is 280 g/mol. The van der Waals surface area contributed by atoms with Crippen LogP contribution < -0.4 is 11.3 Å². The summed E-state index contributed by atoms with van der Waals surface area (Å²) in [6.45, 7) is 0. The summed E-state index contributed by atoms with van der Waals surface area (Å²) in [6.07, 6.45) is -0.258. The maximum Gasteiger partial charge on any atom is 0.262 e. The highest BCUT2D eigenvalue weighted by Gasteiger charge is 2.15. The summed E-state index contributed by atoms with van der Waals surface area (Å²) >= 11 is 5.96. The van der Waals surface area contributed by atoms with Crippen LogP contribution in [0.3, 0.4) is 0 Å². The van der Waals surface area contributed by atoms with E-state index in [-0.39, 0.29) is 17.8 Å². The lowest BCUT2D eigenvalue weighted by Crippen LogP contribution is -2.20. The topological polar surface area (TPSA) is 109 Å². The van der Waals surface area contributed by atoms with Gasteiger partial charge in [-0.25, -0.2) is 0 Å². The van der Waals surface area contributed by atoms with Crippen molar-refractivity contribution in [2.45, 2.75) is 6.42 Å². The van der Waals surface area contributed by atoms with Gasteiger partial charge in [0, 0.05) is 10.6 Å². The summed E-state index contributed by atoms with van der Waals surface area (Å²) in [5, 5.41) is 10.1. The largest absolute Gasteiger partial charge is 0.493 e. The zero-order valence-electron chi connectivity index (χ0n) is 9.68. The molecule has 7 heteroatoms. The first kappa shape index (κ1) is 13.1. The molecule has 0 fully saturated rings. The maximum atomic E-state index is 11.9. The lowest BCUT2D eigenvalue weighted by atomic mass is 10.1. The molecule has 1 amide bonds. The Kier molecular flexibility index (Phi) is 3.52. The Balaban J connectivity index is 2.58. The van der Waals surface area contributed by atoms with Crippen LogP contribution in [-0.2, 0) is 11.2 Å². The van der Waals surface area contributed by atoms with Crippen LogP contribution in [0.15, 0.2) is 29.1 Å². The minimum Gasteiger partial charge on any atom is -0.493 e. The summed E-state index contributed by atoms with van der Waals surface area (Å²) in [5.74, 6) is -1.15. The van der Waals surface area contributed by atoms with Gasteiger partial charge in [0.15, 0.2) is 0 Å². The van der Waals surface area contributed by atoms with Gasteiger partial charge < -0.3 is 15.8 Å². The number of carbonyl (C=O) groups excluding carboxylic acids is 1. The van der Waals surface area contributed by atoms with E-state index in [4.69, 9.17) is 17.3 Å². The highest BCUT2D eigenvalue weighted by molar-refractivity contribution is 6.33. The Bertz CT molecular complexity index is 697. The number of rotatable bonds is 3. The normalized spacial score (nSPS) is 10.4. The Labute approximate surface area is 112 Å². The van der Waals surface area contributed by atoms with Gasteiger partial charge in [-0.3, -0.25) is 9.59 Å². The standard InChI is InChI=1S/C12H10ClN3O3/c13-7-4-2-1-3-6(7)10-11(18)15-9(5-8(14)17)16-12(10)19/h1-4H,5H2,(H2,14,17)(H2,15,16,18,19). The van der Waals surface area contributed by atoms with E-state index in [9.17, 15) is 14.7 Å². The van der Waals surface area contributed by atoms with Crippen LogP contribution in [-0.4, -0.2) is 21.0 Å². The van der Waals surface area contributed by atoms with Crippen molar-refractivity contribution >= 4 is 17.5 Å². The summed E-state index contributed by atoms with van der Waals surface area (Å²) in [7, 11) is 0. The molecule has 0 saturated heterocycles. The van der Waals surface area contributed by atoms with Gasteiger partial charge in [-0.2, -0.15) is 4.98 Å². The number of hydrogen-bond donors (Lipinski definition) is 3. The van der Waals surface area contributed by atoms with Crippen molar-refractivity contribution in [3.8, 4) is 17.0 Å². The Hall–Kier alpha value is -2.34. The Morgan fingerprint density at radius 1 is 1.42 bits per heavy atom. The summed E-state index contributed by atoms with van der Waals surface area (Å²) in [4.78, 5) is 28.8. The highest BCUT2D eigenvalue weighted by atomic mass is 35.5. The predicted molar refractivity (Wildman–Crippen MR) is 69.9 cm³/mol. The van der Waals surface area contributed by atoms with Gasteiger partial charge in [0.05, 0.1) is 6.42 Å². The Morgan fingerprint density at radius 2 is 2.11 bits per heavy atom. The molecule has 0 aliphatic rings. The predicted octanol–water partition coefficient (Wildman–Crippen LogP) is 0.824. The number of nitrogens with two attached hydrogens (primary N) is 1. The summed E-state index contributed by atoms with van der Waals surface area (Å²) in [6, 6.07) is 6.55. The molecule has 0 bridgehead atoms. The van der Waals surface area contributed by atoms with Crippen LogP contribution >= 0.6 is 11.6 Å². The summed E-state index contributed by atoms with van der Waals surface area (Å²) < 4.78 is 0. The molecule has 6 nitrogen and oxygen atoms in total. The zero-order chi connectivity index (χ0) is 14.0. The fourth-order valence-corrected chi connectivity index (χ4v) is 1.89. The van der Waals surface area contributed by atoms with Crippen LogP contribution in [0.25, 0.3) is 11.1 Å². The van der Waals surface area contributed by atoms with E-state index in [0.717, 1.165) is 0 Å². The van der Waals surface area contributed by atoms with Crippen LogP contribution in [0.4, 0.5) is 0 Å². The zero-order valence-corrected chi connectivity index (χ0v) is 10.4. The van der Waals surface area contributed by atoms with Gasteiger partial charge in [0.1, 0.15) is 11.4 Å².